The number of hydrogen-bond acceptors (Lipinski definition) is 6. The van der Waals surface area contributed by atoms with Crippen molar-refractivity contribution in [1.29, 1.82) is 0 Å². The van der Waals surface area contributed by atoms with Gasteiger partial charge in [0.25, 0.3) is 5.91 Å². The Morgan fingerprint density at radius 1 is 1.19 bits per heavy atom. The van der Waals surface area contributed by atoms with Crippen molar-refractivity contribution < 1.29 is 4.79 Å². The maximum absolute atomic E-state index is 12.6. The number of nitrogens with zero attached hydrogens (tertiary/aromatic N) is 6. The Morgan fingerprint density at radius 2 is 1.96 bits per heavy atom. The Hall–Kier alpha value is -2.87. The van der Waals surface area contributed by atoms with Crippen LogP contribution in [0, 0.1) is 0 Å². The van der Waals surface area contributed by atoms with E-state index in [-0.39, 0.29) is 11.9 Å². The molecule has 3 heterocycles. The molecule has 1 atom stereocenters. The van der Waals surface area contributed by atoms with Crippen molar-refractivity contribution in [3.05, 3.63) is 48.0 Å². The second kappa shape index (κ2) is 7.17. The smallest absolute Gasteiger partial charge is 0.251 e. The van der Waals surface area contributed by atoms with E-state index in [1.54, 1.807) is 29.2 Å². The standard InChI is InChI=1S/C18H21N7O/c1-24-12-16(22-23-24)17(25-8-2-3-9-25)11-21-18(26)13-4-5-14-15(10-13)20-7-6-19-14/h4-7,10,12,17H,2-3,8-9,11H2,1H3,(H,21,26). The van der Waals surface area contributed by atoms with Gasteiger partial charge in [-0.3, -0.25) is 24.3 Å². The van der Waals surface area contributed by atoms with Gasteiger partial charge in [0.2, 0.25) is 0 Å². The van der Waals surface area contributed by atoms with E-state index < -0.39 is 0 Å². The molecule has 2 aromatic heterocycles. The number of carbonyl (C=O) groups is 1. The molecule has 0 spiro atoms. The van der Waals surface area contributed by atoms with Gasteiger partial charge >= 0.3 is 0 Å². The Morgan fingerprint density at radius 3 is 2.69 bits per heavy atom. The van der Waals surface area contributed by atoms with E-state index in [4.69, 9.17) is 0 Å². The van der Waals surface area contributed by atoms with Crippen molar-refractivity contribution in [3.63, 3.8) is 0 Å². The lowest BCUT2D eigenvalue weighted by Crippen LogP contribution is -2.37. The SMILES string of the molecule is Cn1cc(C(CNC(=O)c2ccc3nccnc3c2)N2CCCC2)nn1. The molecule has 0 bridgehead atoms. The second-order valence-electron chi connectivity index (χ2n) is 6.55. The van der Waals surface area contributed by atoms with Gasteiger partial charge in [0.05, 0.1) is 17.1 Å². The van der Waals surface area contributed by atoms with Crippen molar-refractivity contribution in [2.24, 2.45) is 7.05 Å². The van der Waals surface area contributed by atoms with Crippen LogP contribution in [-0.4, -0.2) is 55.4 Å². The summed E-state index contributed by atoms with van der Waals surface area (Å²) >= 11 is 0. The number of fused-ring (bicyclic) bond motifs is 1. The van der Waals surface area contributed by atoms with Crippen LogP contribution in [-0.2, 0) is 7.05 Å². The highest BCUT2D eigenvalue weighted by atomic mass is 16.1. The van der Waals surface area contributed by atoms with Crippen LogP contribution in [0.4, 0.5) is 0 Å². The Balaban J connectivity index is 1.49. The van der Waals surface area contributed by atoms with Crippen LogP contribution < -0.4 is 5.32 Å². The van der Waals surface area contributed by atoms with Crippen molar-refractivity contribution in [2.45, 2.75) is 18.9 Å². The molecule has 134 valence electrons. The van der Waals surface area contributed by atoms with Crippen LogP contribution in [0.3, 0.4) is 0 Å². The first-order valence-electron chi connectivity index (χ1n) is 8.80. The molecule has 4 rings (SSSR count). The van der Waals surface area contributed by atoms with E-state index >= 15 is 0 Å². The van der Waals surface area contributed by atoms with Crippen LogP contribution >= 0.6 is 0 Å². The summed E-state index contributed by atoms with van der Waals surface area (Å²) in [6, 6.07) is 5.40. The predicted octanol–water partition coefficient (Wildman–Crippen LogP) is 1.33. The first-order chi connectivity index (χ1) is 12.7. The lowest BCUT2D eigenvalue weighted by molar-refractivity contribution is 0.0937. The summed E-state index contributed by atoms with van der Waals surface area (Å²) in [6.45, 7) is 2.53. The molecule has 0 saturated carbocycles. The lowest BCUT2D eigenvalue weighted by atomic mass is 10.1. The molecule has 1 unspecified atom stereocenters. The number of aryl methyl sites for hydroxylation is 1. The van der Waals surface area contributed by atoms with Gasteiger partial charge in [-0.05, 0) is 44.1 Å². The normalized spacial score (nSPS) is 16.0. The average molecular weight is 351 g/mol. The summed E-state index contributed by atoms with van der Waals surface area (Å²) in [5.74, 6) is -0.120. The summed E-state index contributed by atoms with van der Waals surface area (Å²) in [7, 11) is 1.85. The highest BCUT2D eigenvalue weighted by molar-refractivity contribution is 5.97. The van der Waals surface area contributed by atoms with E-state index in [1.807, 2.05) is 19.3 Å². The first kappa shape index (κ1) is 16.6. The van der Waals surface area contributed by atoms with Crippen LogP contribution in [0.2, 0.25) is 0 Å². The molecule has 0 radical (unpaired) electrons. The molecule has 1 aliphatic rings. The molecule has 8 nitrogen and oxygen atoms in total. The molecule has 1 aliphatic heterocycles. The second-order valence-corrected chi connectivity index (χ2v) is 6.55. The van der Waals surface area contributed by atoms with Gasteiger partial charge in [-0.15, -0.1) is 5.10 Å². The molecule has 1 amide bonds. The van der Waals surface area contributed by atoms with E-state index in [0.717, 1.165) is 24.3 Å². The molecule has 26 heavy (non-hydrogen) atoms. The highest BCUT2D eigenvalue weighted by Crippen LogP contribution is 2.23. The number of nitrogens with one attached hydrogen (secondary N) is 1. The van der Waals surface area contributed by atoms with Gasteiger partial charge in [-0.25, -0.2) is 0 Å². The zero-order valence-corrected chi connectivity index (χ0v) is 14.7. The van der Waals surface area contributed by atoms with Gasteiger partial charge in [0.15, 0.2) is 0 Å². The molecule has 1 aromatic carbocycles. The molecular weight excluding hydrogens is 330 g/mol. The van der Waals surface area contributed by atoms with E-state index in [1.165, 1.54) is 12.8 Å². The van der Waals surface area contributed by atoms with Gasteiger partial charge in [-0.1, -0.05) is 5.21 Å². The maximum Gasteiger partial charge on any atom is 0.251 e. The fourth-order valence-electron chi connectivity index (χ4n) is 3.39. The third-order valence-corrected chi connectivity index (χ3v) is 4.73. The molecule has 1 N–H and O–H groups in total. The number of hydrogen-bond donors (Lipinski definition) is 1. The largest absolute Gasteiger partial charge is 0.350 e. The van der Waals surface area contributed by atoms with Crippen molar-refractivity contribution in [3.8, 4) is 0 Å². The van der Waals surface area contributed by atoms with Crippen molar-refractivity contribution in [1.82, 2.24) is 35.2 Å². The van der Waals surface area contributed by atoms with Gasteiger partial charge in [0.1, 0.15) is 5.69 Å². The number of benzene rings is 1. The maximum atomic E-state index is 12.6. The molecule has 0 aliphatic carbocycles. The average Bonchev–Trinajstić information content (AvgIpc) is 3.34. The zero-order valence-electron chi connectivity index (χ0n) is 14.7. The minimum Gasteiger partial charge on any atom is -0.350 e. The Kier molecular flexibility index (Phi) is 4.57. The quantitative estimate of drug-likeness (QED) is 0.746. The van der Waals surface area contributed by atoms with Crippen LogP contribution in [0.5, 0.6) is 0 Å². The summed E-state index contributed by atoms with van der Waals surface area (Å²) in [4.78, 5) is 23.5. The zero-order chi connectivity index (χ0) is 17.9. The highest BCUT2D eigenvalue weighted by Gasteiger charge is 2.26. The van der Waals surface area contributed by atoms with Crippen LogP contribution in [0.1, 0.15) is 34.9 Å². The van der Waals surface area contributed by atoms with Crippen molar-refractivity contribution >= 4 is 16.9 Å². The van der Waals surface area contributed by atoms with Gasteiger partial charge in [0, 0.05) is 37.7 Å². The van der Waals surface area contributed by atoms with Gasteiger partial charge in [-0.2, -0.15) is 0 Å². The van der Waals surface area contributed by atoms with Gasteiger partial charge < -0.3 is 5.32 Å². The van der Waals surface area contributed by atoms with E-state index in [0.29, 0.717) is 17.6 Å². The summed E-state index contributed by atoms with van der Waals surface area (Å²) in [5, 5.41) is 11.3. The number of rotatable bonds is 5. The fraction of sp³-hybridized carbons (Fsp3) is 0.389. The third-order valence-electron chi connectivity index (χ3n) is 4.73. The van der Waals surface area contributed by atoms with Crippen LogP contribution in [0.15, 0.2) is 36.8 Å². The molecule has 1 fully saturated rings. The molecule has 8 heteroatoms. The summed E-state index contributed by atoms with van der Waals surface area (Å²) in [6.07, 6.45) is 7.54. The lowest BCUT2D eigenvalue weighted by Gasteiger charge is -2.25. The molecule has 3 aromatic rings. The van der Waals surface area contributed by atoms with E-state index in [2.05, 4.69) is 30.5 Å². The summed E-state index contributed by atoms with van der Waals surface area (Å²) in [5.41, 5.74) is 2.96. The number of aromatic nitrogens is 5. The number of carbonyl (C=O) groups excluding carboxylic acids is 1. The fourth-order valence-corrected chi connectivity index (χ4v) is 3.39. The number of likely N-dealkylation sites (tertiary alicyclic amines) is 1. The Labute approximate surface area is 151 Å². The molecular formula is C18H21N7O. The molecule has 1 saturated heterocycles. The first-order valence-corrected chi connectivity index (χ1v) is 8.80. The summed E-state index contributed by atoms with van der Waals surface area (Å²) < 4.78 is 1.70. The number of amides is 1. The van der Waals surface area contributed by atoms with Crippen molar-refractivity contribution in [2.75, 3.05) is 19.6 Å². The van der Waals surface area contributed by atoms with Crippen LogP contribution in [0.25, 0.3) is 11.0 Å². The predicted molar refractivity (Wildman–Crippen MR) is 96.4 cm³/mol. The monoisotopic (exact) mass is 351 g/mol. The van der Waals surface area contributed by atoms with E-state index in [9.17, 15) is 4.79 Å². The minimum absolute atomic E-state index is 0.0374. The third kappa shape index (κ3) is 3.41. The minimum atomic E-state index is -0.120. The topological polar surface area (TPSA) is 88.8 Å². The Bertz CT molecular complexity index is 917.